The number of rotatable bonds is 3. The molecule has 1 aromatic heterocycles. The summed E-state index contributed by atoms with van der Waals surface area (Å²) in [6.07, 6.45) is 1.07. The van der Waals surface area contributed by atoms with Crippen molar-refractivity contribution in [3.8, 4) is 0 Å². The molecule has 0 spiro atoms. The van der Waals surface area contributed by atoms with E-state index in [4.69, 9.17) is 0 Å². The first-order valence-electron chi connectivity index (χ1n) is 3.51. The number of H-pyrrole nitrogens is 1. The number of aromatic nitrogens is 2. The summed E-state index contributed by atoms with van der Waals surface area (Å²) in [5, 5.41) is 10.2. The van der Waals surface area contributed by atoms with Crippen molar-refractivity contribution in [1.82, 2.24) is 9.97 Å². The predicted molar refractivity (Wildman–Crippen MR) is 41.2 cm³/mol. The summed E-state index contributed by atoms with van der Waals surface area (Å²) >= 11 is 0. The SMILES string of the molecule is CCOC(=O)c1cnc([N+](=O)[O-])[nH]1. The van der Waals surface area contributed by atoms with E-state index in [0.717, 1.165) is 6.20 Å². The molecule has 7 nitrogen and oxygen atoms in total. The normalized spacial score (nSPS) is 9.62. The van der Waals surface area contributed by atoms with Crippen LogP contribution in [-0.4, -0.2) is 27.5 Å². The van der Waals surface area contributed by atoms with Gasteiger partial charge in [0, 0.05) is 0 Å². The Morgan fingerprint density at radius 1 is 1.85 bits per heavy atom. The number of hydrogen-bond acceptors (Lipinski definition) is 5. The second-order valence-electron chi connectivity index (χ2n) is 2.10. The maximum Gasteiger partial charge on any atom is 0.432 e. The van der Waals surface area contributed by atoms with Gasteiger partial charge in [0.15, 0.2) is 6.20 Å². The van der Waals surface area contributed by atoms with Crippen molar-refractivity contribution in [1.29, 1.82) is 0 Å². The lowest BCUT2D eigenvalue weighted by molar-refractivity contribution is -0.393. The summed E-state index contributed by atoms with van der Waals surface area (Å²) < 4.78 is 4.59. The van der Waals surface area contributed by atoms with E-state index in [2.05, 4.69) is 14.7 Å². The third-order valence-corrected chi connectivity index (χ3v) is 1.23. The van der Waals surface area contributed by atoms with E-state index in [1.807, 2.05) is 0 Å². The summed E-state index contributed by atoms with van der Waals surface area (Å²) in [5.41, 5.74) is -0.0199. The second kappa shape index (κ2) is 3.65. The number of aromatic amines is 1. The number of nitro groups is 1. The molecule has 1 rings (SSSR count). The van der Waals surface area contributed by atoms with Gasteiger partial charge in [-0.3, -0.25) is 0 Å². The minimum atomic E-state index is -0.720. The standard InChI is InChI=1S/C6H7N3O4/c1-2-13-5(10)4-3-7-6(8-4)9(11)12/h3H,2H2,1H3,(H,7,8). The van der Waals surface area contributed by atoms with Gasteiger partial charge in [0.2, 0.25) is 5.69 Å². The first kappa shape index (κ1) is 9.17. The number of esters is 1. The molecule has 0 saturated heterocycles. The molecule has 1 heterocycles. The van der Waals surface area contributed by atoms with Gasteiger partial charge in [0.05, 0.1) is 6.61 Å². The lowest BCUT2D eigenvalue weighted by atomic mass is 10.5. The van der Waals surface area contributed by atoms with Gasteiger partial charge in [0.1, 0.15) is 0 Å². The highest BCUT2D eigenvalue weighted by atomic mass is 16.6. The zero-order chi connectivity index (χ0) is 9.84. The molecule has 1 aromatic rings. The summed E-state index contributed by atoms with van der Waals surface area (Å²) in [6.45, 7) is 1.86. The van der Waals surface area contributed by atoms with Crippen LogP contribution in [0.15, 0.2) is 6.20 Å². The Morgan fingerprint density at radius 2 is 2.54 bits per heavy atom. The fourth-order valence-electron chi connectivity index (χ4n) is 0.716. The molecule has 0 saturated carbocycles. The van der Waals surface area contributed by atoms with E-state index < -0.39 is 16.8 Å². The van der Waals surface area contributed by atoms with Crippen molar-refractivity contribution in [3.05, 3.63) is 22.0 Å². The van der Waals surface area contributed by atoms with Gasteiger partial charge in [-0.15, -0.1) is 0 Å². The lowest BCUT2D eigenvalue weighted by Crippen LogP contribution is -2.04. The van der Waals surface area contributed by atoms with Gasteiger partial charge in [-0.05, 0) is 11.8 Å². The Labute approximate surface area is 72.9 Å². The smallest absolute Gasteiger partial charge is 0.432 e. The van der Waals surface area contributed by atoms with Crippen LogP contribution < -0.4 is 0 Å². The summed E-state index contributed by atoms with van der Waals surface area (Å²) in [7, 11) is 0. The van der Waals surface area contributed by atoms with Gasteiger partial charge in [-0.2, -0.15) is 0 Å². The van der Waals surface area contributed by atoms with Crippen molar-refractivity contribution < 1.29 is 14.5 Å². The minimum Gasteiger partial charge on any atom is -0.460 e. The van der Waals surface area contributed by atoms with Crippen molar-refractivity contribution >= 4 is 11.9 Å². The topological polar surface area (TPSA) is 98.1 Å². The Bertz CT molecular complexity index is 332. The molecule has 0 unspecified atom stereocenters. The van der Waals surface area contributed by atoms with Gasteiger partial charge < -0.3 is 14.9 Å². The van der Waals surface area contributed by atoms with Crippen molar-refractivity contribution in [2.24, 2.45) is 0 Å². The highest BCUT2D eigenvalue weighted by Gasteiger charge is 2.17. The molecule has 0 fully saturated rings. The summed E-state index contributed by atoms with van der Waals surface area (Å²) in [4.78, 5) is 26.0. The fourth-order valence-corrected chi connectivity index (χ4v) is 0.716. The molecule has 0 aliphatic carbocycles. The van der Waals surface area contributed by atoms with E-state index in [-0.39, 0.29) is 12.3 Å². The monoisotopic (exact) mass is 185 g/mol. The number of ether oxygens (including phenoxy) is 1. The van der Waals surface area contributed by atoms with Gasteiger partial charge in [-0.1, -0.05) is 4.98 Å². The quantitative estimate of drug-likeness (QED) is 0.420. The van der Waals surface area contributed by atoms with Crippen LogP contribution in [-0.2, 0) is 4.74 Å². The Kier molecular flexibility index (Phi) is 2.58. The van der Waals surface area contributed by atoms with Crippen LogP contribution in [0.4, 0.5) is 5.95 Å². The number of nitrogens with zero attached hydrogens (tertiary/aromatic N) is 2. The molecule has 0 amide bonds. The van der Waals surface area contributed by atoms with E-state index >= 15 is 0 Å². The molecule has 0 radical (unpaired) electrons. The fraction of sp³-hybridized carbons (Fsp3) is 0.333. The van der Waals surface area contributed by atoms with Gasteiger partial charge in [-0.25, -0.2) is 9.78 Å². The molecule has 0 aliphatic rings. The average Bonchev–Trinajstić information content (AvgIpc) is 2.52. The van der Waals surface area contributed by atoms with E-state index in [1.165, 1.54) is 0 Å². The Morgan fingerprint density at radius 3 is 3.00 bits per heavy atom. The zero-order valence-electron chi connectivity index (χ0n) is 6.81. The summed E-state index contributed by atoms with van der Waals surface area (Å²) in [5.74, 6) is -1.12. The maximum atomic E-state index is 11.0. The third-order valence-electron chi connectivity index (χ3n) is 1.23. The molecule has 0 bridgehead atoms. The van der Waals surface area contributed by atoms with E-state index in [1.54, 1.807) is 6.92 Å². The lowest BCUT2D eigenvalue weighted by Gasteiger charge is -1.94. The number of carbonyl (C=O) groups excluding carboxylic acids is 1. The van der Waals surface area contributed by atoms with Crippen molar-refractivity contribution in [2.45, 2.75) is 6.92 Å². The Balaban J connectivity index is 2.79. The highest BCUT2D eigenvalue weighted by Crippen LogP contribution is 2.05. The zero-order valence-corrected chi connectivity index (χ0v) is 6.81. The molecular formula is C6H7N3O4. The first-order chi connectivity index (χ1) is 6.15. The molecule has 1 N–H and O–H groups in total. The van der Waals surface area contributed by atoms with Gasteiger partial charge in [0.25, 0.3) is 0 Å². The second-order valence-corrected chi connectivity index (χ2v) is 2.10. The number of carbonyl (C=O) groups is 1. The number of imidazole rings is 1. The molecule has 13 heavy (non-hydrogen) atoms. The first-order valence-corrected chi connectivity index (χ1v) is 3.51. The van der Waals surface area contributed by atoms with E-state index in [0.29, 0.717) is 0 Å². The number of hydrogen-bond donors (Lipinski definition) is 1. The van der Waals surface area contributed by atoms with Crippen LogP contribution in [0.2, 0.25) is 0 Å². The molecule has 0 aromatic carbocycles. The van der Waals surface area contributed by atoms with Crippen LogP contribution in [0.1, 0.15) is 17.4 Å². The molecule has 70 valence electrons. The molecule has 0 aliphatic heterocycles. The summed E-state index contributed by atoms with van der Waals surface area (Å²) in [6, 6.07) is 0. The van der Waals surface area contributed by atoms with Crippen LogP contribution >= 0.6 is 0 Å². The van der Waals surface area contributed by atoms with Crippen LogP contribution in [0.5, 0.6) is 0 Å². The molecule has 0 atom stereocenters. The van der Waals surface area contributed by atoms with Crippen LogP contribution in [0.3, 0.4) is 0 Å². The van der Waals surface area contributed by atoms with Crippen molar-refractivity contribution in [2.75, 3.05) is 6.61 Å². The average molecular weight is 185 g/mol. The predicted octanol–water partition coefficient (Wildman–Crippen LogP) is 0.495. The van der Waals surface area contributed by atoms with Crippen LogP contribution in [0, 0.1) is 10.1 Å². The Hall–Kier alpha value is -1.92. The third kappa shape index (κ3) is 2.01. The molecular weight excluding hydrogens is 178 g/mol. The largest absolute Gasteiger partial charge is 0.460 e. The maximum absolute atomic E-state index is 11.0. The van der Waals surface area contributed by atoms with Crippen molar-refractivity contribution in [3.63, 3.8) is 0 Å². The minimum absolute atomic E-state index is 0.0199. The number of nitrogens with one attached hydrogen (secondary N) is 1. The van der Waals surface area contributed by atoms with Crippen LogP contribution in [0.25, 0.3) is 0 Å². The van der Waals surface area contributed by atoms with Gasteiger partial charge >= 0.3 is 11.9 Å². The molecule has 7 heteroatoms. The van der Waals surface area contributed by atoms with E-state index in [9.17, 15) is 14.9 Å². The highest BCUT2D eigenvalue weighted by molar-refractivity contribution is 5.87.